The van der Waals surface area contributed by atoms with Crippen LogP contribution in [0.4, 0.5) is 5.82 Å². The van der Waals surface area contributed by atoms with E-state index in [1.165, 1.54) is 20.8 Å². The summed E-state index contributed by atoms with van der Waals surface area (Å²) in [5, 5.41) is 3.87. The first kappa shape index (κ1) is 23.7. The lowest BCUT2D eigenvalue weighted by molar-refractivity contribution is 0.440. The molecule has 5 aromatic rings. The van der Waals surface area contributed by atoms with E-state index in [2.05, 4.69) is 67.9 Å². The Morgan fingerprint density at radius 1 is 1.11 bits per heavy atom. The normalized spacial score (nSPS) is 12.3. The van der Waals surface area contributed by atoms with E-state index in [-0.39, 0.29) is 0 Å². The number of ether oxygens (including phenoxy) is 1. The number of hydrogen-bond donors (Lipinski definition) is 1. The molecule has 0 bridgehead atoms. The van der Waals surface area contributed by atoms with Gasteiger partial charge in [0.05, 0.1) is 11.1 Å². The van der Waals surface area contributed by atoms with Gasteiger partial charge in [-0.05, 0) is 75.3 Å². The molecule has 4 aromatic heterocycles. The number of halogens is 1. The van der Waals surface area contributed by atoms with Gasteiger partial charge in [0.15, 0.2) is 0 Å². The quantitative estimate of drug-likeness (QED) is 0.195. The number of benzene rings is 1. The average molecular weight is 617 g/mol. The second-order valence-corrected chi connectivity index (χ2v) is 10.3. The van der Waals surface area contributed by atoms with Crippen LogP contribution in [0.15, 0.2) is 55.1 Å². The van der Waals surface area contributed by atoms with Gasteiger partial charge >= 0.3 is 6.01 Å². The Labute approximate surface area is 229 Å². The van der Waals surface area contributed by atoms with Gasteiger partial charge in [0, 0.05) is 57.0 Å². The van der Waals surface area contributed by atoms with Crippen molar-refractivity contribution in [3.63, 3.8) is 0 Å². The maximum absolute atomic E-state index is 6.45. The number of nitrogens with two attached hydrogens (primary N) is 1. The van der Waals surface area contributed by atoms with E-state index >= 15 is 0 Å². The van der Waals surface area contributed by atoms with Crippen molar-refractivity contribution in [2.75, 3.05) is 5.73 Å². The molecule has 5 heterocycles. The predicted octanol–water partition coefficient (Wildman–Crippen LogP) is 5.97. The molecule has 8 nitrogen and oxygen atoms in total. The predicted molar refractivity (Wildman–Crippen MR) is 154 cm³/mol. The molecule has 0 spiro atoms. The fraction of sp³-hybridized carbons (Fsp3) is 0.148. The van der Waals surface area contributed by atoms with Crippen molar-refractivity contribution < 1.29 is 4.74 Å². The Balaban J connectivity index is 1.51. The number of fused-ring (bicyclic) bond motifs is 5. The van der Waals surface area contributed by atoms with Crippen molar-refractivity contribution in [1.29, 1.82) is 0 Å². The fourth-order valence-electron chi connectivity index (χ4n) is 4.73. The highest BCUT2D eigenvalue weighted by atomic mass is 127. The SMILES string of the molecule is Cc1ccnc(Oc2ccc(-c3c4n(c5ncnc(N)c35)CCCc3cc(C#CSI)ncc3-4)cc2)n1. The summed E-state index contributed by atoms with van der Waals surface area (Å²) in [5.41, 5.74) is 14.2. The van der Waals surface area contributed by atoms with Gasteiger partial charge in [0.2, 0.25) is 0 Å². The van der Waals surface area contributed by atoms with E-state index in [1.807, 2.05) is 43.5 Å². The van der Waals surface area contributed by atoms with Crippen LogP contribution in [0.3, 0.4) is 0 Å². The molecule has 1 aromatic carbocycles. The molecule has 0 aliphatic carbocycles. The maximum atomic E-state index is 6.45. The zero-order valence-corrected chi connectivity index (χ0v) is 22.7. The van der Waals surface area contributed by atoms with Crippen LogP contribution in [-0.4, -0.2) is 29.5 Å². The Bertz CT molecular complexity index is 1710. The summed E-state index contributed by atoms with van der Waals surface area (Å²) in [4.78, 5) is 22.1. The molecule has 0 amide bonds. The Hall–Kier alpha value is -3.69. The summed E-state index contributed by atoms with van der Waals surface area (Å²) >= 11 is 2.17. The number of aryl methyl sites for hydroxylation is 3. The molecule has 0 saturated carbocycles. The maximum Gasteiger partial charge on any atom is 0.322 e. The third kappa shape index (κ3) is 4.49. The first-order valence-electron chi connectivity index (χ1n) is 11.6. The minimum absolute atomic E-state index is 0.313. The van der Waals surface area contributed by atoms with Crippen molar-refractivity contribution in [2.45, 2.75) is 26.3 Å². The largest absolute Gasteiger partial charge is 0.424 e. The number of anilines is 1. The van der Waals surface area contributed by atoms with Crippen LogP contribution in [0.5, 0.6) is 11.8 Å². The van der Waals surface area contributed by atoms with Crippen molar-refractivity contribution in [3.05, 3.63) is 72.1 Å². The lowest BCUT2D eigenvalue weighted by atomic mass is 9.96. The second-order valence-electron chi connectivity index (χ2n) is 8.57. The Morgan fingerprint density at radius 2 is 1.97 bits per heavy atom. The van der Waals surface area contributed by atoms with E-state index in [4.69, 9.17) is 10.5 Å². The van der Waals surface area contributed by atoms with Crippen LogP contribution in [0.25, 0.3) is 33.4 Å². The minimum atomic E-state index is 0.313. The van der Waals surface area contributed by atoms with Crippen molar-refractivity contribution >= 4 is 47.0 Å². The molecule has 0 saturated heterocycles. The molecule has 1 aliphatic heterocycles. The van der Waals surface area contributed by atoms with Crippen LogP contribution in [0, 0.1) is 18.1 Å². The zero-order chi connectivity index (χ0) is 25.4. The van der Waals surface area contributed by atoms with Gasteiger partial charge in [0.1, 0.15) is 29.2 Å². The van der Waals surface area contributed by atoms with Gasteiger partial charge in [-0.2, -0.15) is 0 Å². The number of rotatable bonds is 3. The molecule has 0 atom stereocenters. The third-order valence-corrected chi connectivity index (χ3v) is 7.12. The second kappa shape index (κ2) is 9.99. The van der Waals surface area contributed by atoms with E-state index in [0.717, 1.165) is 64.2 Å². The number of nitrogen functional groups attached to an aromatic ring is 1. The first-order chi connectivity index (χ1) is 18.1. The van der Waals surface area contributed by atoms with Crippen LogP contribution in [0.1, 0.15) is 23.4 Å². The highest BCUT2D eigenvalue weighted by Crippen LogP contribution is 2.44. The van der Waals surface area contributed by atoms with Crippen LogP contribution < -0.4 is 10.5 Å². The van der Waals surface area contributed by atoms with Gasteiger partial charge < -0.3 is 15.0 Å². The van der Waals surface area contributed by atoms with Gasteiger partial charge in [-0.15, -0.1) is 0 Å². The molecular weight excluding hydrogens is 597 g/mol. The highest BCUT2D eigenvalue weighted by Gasteiger charge is 2.27. The van der Waals surface area contributed by atoms with Crippen LogP contribution >= 0.6 is 30.1 Å². The molecule has 0 radical (unpaired) electrons. The van der Waals surface area contributed by atoms with E-state index < -0.39 is 0 Å². The molecule has 182 valence electrons. The fourth-order valence-corrected chi connectivity index (χ4v) is 5.20. The molecular formula is C27H20IN7OS. The molecule has 6 rings (SSSR count). The highest BCUT2D eigenvalue weighted by molar-refractivity contribution is 14.2. The smallest absolute Gasteiger partial charge is 0.322 e. The van der Waals surface area contributed by atoms with E-state index in [9.17, 15) is 0 Å². The monoisotopic (exact) mass is 617 g/mol. The minimum Gasteiger partial charge on any atom is -0.424 e. The van der Waals surface area contributed by atoms with Crippen molar-refractivity contribution in [3.8, 4) is 45.3 Å². The lowest BCUT2D eigenvalue weighted by Gasteiger charge is -2.12. The summed E-state index contributed by atoms with van der Waals surface area (Å²) in [6, 6.07) is 12.1. The average Bonchev–Trinajstić information content (AvgIpc) is 3.11. The van der Waals surface area contributed by atoms with Gasteiger partial charge in [-0.1, -0.05) is 12.1 Å². The molecule has 2 N–H and O–H groups in total. The van der Waals surface area contributed by atoms with E-state index in [1.54, 1.807) is 6.20 Å². The summed E-state index contributed by atoms with van der Waals surface area (Å²) in [7, 11) is 1.45. The summed E-state index contributed by atoms with van der Waals surface area (Å²) in [6.45, 7) is 2.71. The topological polar surface area (TPSA) is 105 Å². The van der Waals surface area contributed by atoms with E-state index in [0.29, 0.717) is 17.6 Å². The van der Waals surface area contributed by atoms with Crippen LogP contribution in [0.2, 0.25) is 0 Å². The standard InChI is InChI=1S/C27H20IN7OS/c1-16-8-10-30-27(34-16)36-20-6-4-17(5-7-20)22-23-25(29)32-15-33-26(23)35-11-2-3-18-13-19(9-12-37-28)31-14-21(18)24(22)35/h4-8,10,13-15H,2-3,11H2,1H3,(H2,29,32,33). The summed E-state index contributed by atoms with van der Waals surface area (Å²) in [5.74, 6) is 4.22. The molecule has 0 fully saturated rings. The number of nitrogens with zero attached hydrogens (tertiary/aromatic N) is 6. The Kier molecular flexibility index (Phi) is 6.40. The molecule has 10 heteroatoms. The first-order valence-corrected chi connectivity index (χ1v) is 15.0. The van der Waals surface area contributed by atoms with Crippen molar-refractivity contribution in [2.24, 2.45) is 0 Å². The van der Waals surface area contributed by atoms with Crippen LogP contribution in [-0.2, 0) is 13.0 Å². The number of hydrogen-bond acceptors (Lipinski definition) is 8. The third-order valence-electron chi connectivity index (χ3n) is 6.28. The van der Waals surface area contributed by atoms with Gasteiger partial charge in [0.25, 0.3) is 0 Å². The molecule has 37 heavy (non-hydrogen) atoms. The number of pyridine rings is 1. The lowest BCUT2D eigenvalue weighted by Crippen LogP contribution is -2.00. The Morgan fingerprint density at radius 3 is 2.78 bits per heavy atom. The number of aromatic nitrogens is 6. The summed E-state index contributed by atoms with van der Waals surface area (Å²) in [6.07, 6.45) is 7.02. The van der Waals surface area contributed by atoms with Crippen molar-refractivity contribution in [1.82, 2.24) is 29.5 Å². The van der Waals surface area contributed by atoms with Gasteiger partial charge in [-0.25, -0.2) is 24.9 Å². The zero-order valence-electron chi connectivity index (χ0n) is 19.8. The molecule has 0 unspecified atom stereocenters. The summed E-state index contributed by atoms with van der Waals surface area (Å²) < 4.78 is 8.12. The van der Waals surface area contributed by atoms with Gasteiger partial charge in [-0.3, -0.25) is 0 Å². The molecule has 1 aliphatic rings.